The molecule has 0 fully saturated rings. The summed E-state index contributed by atoms with van der Waals surface area (Å²) in [6.45, 7) is 1.62. The van der Waals surface area contributed by atoms with E-state index in [9.17, 15) is 14.4 Å². The predicted octanol–water partition coefficient (Wildman–Crippen LogP) is 4.28. The third-order valence-electron chi connectivity index (χ3n) is 5.69. The third-order valence-corrected chi connectivity index (χ3v) is 6.60. The Bertz CT molecular complexity index is 1390. The summed E-state index contributed by atoms with van der Waals surface area (Å²) in [4.78, 5) is 38.8. The minimum Gasteiger partial charge on any atom is -0.496 e. The number of halogens is 2. The summed E-state index contributed by atoms with van der Waals surface area (Å²) in [6, 6.07) is 8.69. The highest BCUT2D eigenvalue weighted by atomic mass is 35.5. The molecule has 0 aromatic heterocycles. The molecule has 0 radical (unpaired) electrons. The highest BCUT2D eigenvalue weighted by Crippen LogP contribution is 2.54. The van der Waals surface area contributed by atoms with Gasteiger partial charge in [-0.15, -0.1) is 0 Å². The average molecular weight is 514 g/mol. The number of fused-ring (bicyclic) bond motifs is 1. The molecule has 1 spiro atoms. The molecule has 8 nitrogen and oxygen atoms in total. The van der Waals surface area contributed by atoms with Crippen LogP contribution in [0.15, 0.2) is 47.7 Å². The fraction of sp³-hybridized carbons (Fsp3) is 0.200. The molecular formula is C25H17Cl2NO7. The monoisotopic (exact) mass is 513 g/mol. The Morgan fingerprint density at radius 2 is 1.80 bits per heavy atom. The number of carbonyl (C=O) groups excluding carboxylic acids is 3. The third kappa shape index (κ3) is 3.73. The number of rotatable bonds is 5. The molecule has 1 aliphatic heterocycles. The molecular weight excluding hydrogens is 497 g/mol. The summed E-state index contributed by atoms with van der Waals surface area (Å²) in [5, 5.41) is 9.10. The summed E-state index contributed by atoms with van der Waals surface area (Å²) >= 11 is 13.0. The molecule has 1 atom stereocenters. The molecule has 4 rings (SSSR count). The number of nitriles is 1. The molecule has 2 aromatic rings. The van der Waals surface area contributed by atoms with Crippen LogP contribution in [-0.4, -0.2) is 37.4 Å². The standard InChI is InChI=1S/C25H17Cl2NO7/c1-12-19(26)21(34-11-14-6-4-13(10-28)5-7-14)18-22(20(12)27)35-25(23(18)30)16(24(31)33-3)8-15(29)9-17(25)32-2/h4-9H,11H2,1-3H3. The van der Waals surface area contributed by atoms with E-state index in [-0.39, 0.29) is 45.0 Å². The van der Waals surface area contributed by atoms with E-state index in [1.54, 1.807) is 31.2 Å². The molecule has 0 bridgehead atoms. The zero-order chi connectivity index (χ0) is 25.5. The van der Waals surface area contributed by atoms with Crippen LogP contribution >= 0.6 is 23.2 Å². The van der Waals surface area contributed by atoms with Crippen molar-refractivity contribution >= 4 is 40.7 Å². The SMILES string of the molecule is COC(=O)C1=CC(=O)C=C(OC)C12Oc1c(Cl)c(C)c(Cl)c(OCc3ccc(C#N)cc3)c1C2=O. The molecule has 1 heterocycles. The van der Waals surface area contributed by atoms with E-state index < -0.39 is 23.1 Å². The summed E-state index contributed by atoms with van der Waals surface area (Å²) in [7, 11) is 2.35. The largest absolute Gasteiger partial charge is 0.496 e. The van der Waals surface area contributed by atoms with Gasteiger partial charge in [-0.05, 0) is 30.2 Å². The van der Waals surface area contributed by atoms with Crippen LogP contribution in [0.2, 0.25) is 10.0 Å². The number of ether oxygens (including phenoxy) is 4. The van der Waals surface area contributed by atoms with Crippen LogP contribution in [0.5, 0.6) is 11.5 Å². The van der Waals surface area contributed by atoms with Crippen LogP contribution in [-0.2, 0) is 25.7 Å². The van der Waals surface area contributed by atoms with Gasteiger partial charge in [0.1, 0.15) is 17.7 Å². The zero-order valence-electron chi connectivity index (χ0n) is 18.7. The van der Waals surface area contributed by atoms with Gasteiger partial charge >= 0.3 is 5.97 Å². The quantitative estimate of drug-likeness (QED) is 0.544. The van der Waals surface area contributed by atoms with Crippen molar-refractivity contribution < 1.29 is 33.3 Å². The number of benzene rings is 2. The smallest absolute Gasteiger partial charge is 0.338 e. The van der Waals surface area contributed by atoms with Gasteiger partial charge in [0.25, 0.3) is 5.60 Å². The fourth-order valence-corrected chi connectivity index (χ4v) is 4.43. The van der Waals surface area contributed by atoms with Crippen LogP contribution in [0.4, 0.5) is 0 Å². The minimum atomic E-state index is -2.15. The van der Waals surface area contributed by atoms with Gasteiger partial charge in [0.15, 0.2) is 23.0 Å². The Hall–Kier alpha value is -3.80. The topological polar surface area (TPSA) is 112 Å². The highest BCUT2D eigenvalue weighted by Gasteiger charge is 2.61. The van der Waals surface area contributed by atoms with Gasteiger partial charge < -0.3 is 18.9 Å². The number of esters is 1. The minimum absolute atomic E-state index is 0.00434. The van der Waals surface area contributed by atoms with Gasteiger partial charge in [-0.25, -0.2) is 4.79 Å². The lowest BCUT2D eigenvalue weighted by atomic mass is 9.81. The molecule has 1 aliphatic carbocycles. The molecule has 0 amide bonds. The summed E-state index contributed by atoms with van der Waals surface area (Å²) in [6.07, 6.45) is 2.01. The Balaban J connectivity index is 1.86. The van der Waals surface area contributed by atoms with Gasteiger partial charge in [0.05, 0.1) is 35.9 Å². The van der Waals surface area contributed by atoms with Crippen LogP contribution in [0.3, 0.4) is 0 Å². The second-order valence-electron chi connectivity index (χ2n) is 7.66. The number of allylic oxidation sites excluding steroid dienone is 2. The number of hydrogen-bond acceptors (Lipinski definition) is 8. The normalized spacial score (nSPS) is 18.3. The molecule has 10 heteroatoms. The van der Waals surface area contributed by atoms with Crippen molar-refractivity contribution in [2.45, 2.75) is 19.1 Å². The first-order valence-corrected chi connectivity index (χ1v) is 10.9. The van der Waals surface area contributed by atoms with Crippen molar-refractivity contribution in [1.82, 2.24) is 0 Å². The number of nitrogens with zero attached hydrogens (tertiary/aromatic N) is 1. The van der Waals surface area contributed by atoms with Crippen LogP contribution in [0.1, 0.15) is 27.0 Å². The summed E-state index contributed by atoms with van der Waals surface area (Å²) in [5.41, 5.74) is -1.05. The average Bonchev–Trinajstić information content (AvgIpc) is 3.17. The van der Waals surface area contributed by atoms with Gasteiger partial charge in [-0.3, -0.25) is 9.59 Å². The number of ketones is 2. The first-order valence-electron chi connectivity index (χ1n) is 10.2. The van der Waals surface area contributed by atoms with E-state index in [2.05, 4.69) is 0 Å². The van der Waals surface area contributed by atoms with Crippen LogP contribution in [0, 0.1) is 18.3 Å². The lowest BCUT2D eigenvalue weighted by molar-refractivity contribution is -0.138. The Labute approximate surface area is 210 Å². The number of Topliss-reactive ketones (excluding diaryl/α,β-unsaturated/α-hetero) is 1. The van der Waals surface area contributed by atoms with Crippen molar-refractivity contribution in [3.8, 4) is 17.6 Å². The van der Waals surface area contributed by atoms with Gasteiger partial charge in [-0.2, -0.15) is 5.26 Å². The summed E-state index contributed by atoms with van der Waals surface area (Å²) < 4.78 is 22.1. The molecule has 1 unspecified atom stereocenters. The first kappa shape index (κ1) is 24.3. The fourth-order valence-electron chi connectivity index (χ4n) is 3.91. The van der Waals surface area contributed by atoms with E-state index in [1.165, 1.54) is 7.11 Å². The Morgan fingerprint density at radius 3 is 2.40 bits per heavy atom. The lowest BCUT2D eigenvalue weighted by Crippen LogP contribution is -2.49. The van der Waals surface area contributed by atoms with E-state index in [0.29, 0.717) is 16.7 Å². The molecule has 0 N–H and O–H groups in total. The molecule has 2 aliphatic rings. The second-order valence-corrected chi connectivity index (χ2v) is 8.42. The van der Waals surface area contributed by atoms with Gasteiger partial charge in [0.2, 0.25) is 5.78 Å². The maximum atomic E-state index is 14.0. The van der Waals surface area contributed by atoms with Crippen molar-refractivity contribution in [3.05, 3.63) is 80.0 Å². The van der Waals surface area contributed by atoms with E-state index >= 15 is 0 Å². The molecule has 178 valence electrons. The van der Waals surface area contributed by atoms with Crippen LogP contribution < -0.4 is 9.47 Å². The predicted molar refractivity (Wildman–Crippen MR) is 125 cm³/mol. The first-order chi connectivity index (χ1) is 16.7. The van der Waals surface area contributed by atoms with Crippen molar-refractivity contribution in [2.24, 2.45) is 0 Å². The Kier molecular flexibility index (Phi) is 6.32. The second kappa shape index (κ2) is 9.10. The van der Waals surface area contributed by atoms with Crippen molar-refractivity contribution in [2.75, 3.05) is 14.2 Å². The number of carbonyl (C=O) groups is 3. The van der Waals surface area contributed by atoms with Crippen LogP contribution in [0.25, 0.3) is 0 Å². The summed E-state index contributed by atoms with van der Waals surface area (Å²) in [5.74, 6) is -2.59. The Morgan fingerprint density at radius 1 is 1.11 bits per heavy atom. The molecule has 2 aromatic carbocycles. The zero-order valence-corrected chi connectivity index (χ0v) is 20.2. The highest BCUT2D eigenvalue weighted by molar-refractivity contribution is 6.40. The van der Waals surface area contributed by atoms with E-state index in [0.717, 1.165) is 19.3 Å². The van der Waals surface area contributed by atoms with Crippen molar-refractivity contribution in [1.29, 1.82) is 5.26 Å². The van der Waals surface area contributed by atoms with Crippen molar-refractivity contribution in [3.63, 3.8) is 0 Å². The van der Waals surface area contributed by atoms with Gasteiger partial charge in [-0.1, -0.05) is 35.3 Å². The molecule has 0 saturated heterocycles. The maximum Gasteiger partial charge on any atom is 0.338 e. The number of hydrogen-bond donors (Lipinski definition) is 0. The molecule has 35 heavy (non-hydrogen) atoms. The van der Waals surface area contributed by atoms with Gasteiger partial charge in [0, 0.05) is 12.2 Å². The molecule has 0 saturated carbocycles. The number of methoxy groups -OCH3 is 2. The van der Waals surface area contributed by atoms with E-state index in [4.69, 9.17) is 47.4 Å². The lowest BCUT2D eigenvalue weighted by Gasteiger charge is -2.31. The maximum absolute atomic E-state index is 14.0. The van der Waals surface area contributed by atoms with E-state index in [1.807, 2.05) is 6.07 Å².